The summed E-state index contributed by atoms with van der Waals surface area (Å²) in [7, 11) is 3.01. The molecule has 1 aromatic carbocycles. The number of nitro groups is 1. The Morgan fingerprint density at radius 3 is 2.50 bits per heavy atom. The minimum absolute atomic E-state index is 0.205. The monoisotopic (exact) mass is 359 g/mol. The second-order valence-corrected chi connectivity index (χ2v) is 5.17. The first-order valence-corrected chi connectivity index (χ1v) is 7.46. The number of nitrogens with one attached hydrogen (secondary N) is 2. The van der Waals surface area contributed by atoms with E-state index in [-0.39, 0.29) is 5.69 Å². The molecule has 0 bridgehead atoms. The summed E-state index contributed by atoms with van der Waals surface area (Å²) in [6.07, 6.45) is 5.02. The van der Waals surface area contributed by atoms with Crippen molar-refractivity contribution in [3.63, 3.8) is 0 Å². The molecule has 0 aliphatic carbocycles. The van der Waals surface area contributed by atoms with Crippen molar-refractivity contribution >= 4 is 17.8 Å². The zero-order chi connectivity index (χ0) is 19.3. The summed E-state index contributed by atoms with van der Waals surface area (Å²) in [5.74, 6) is 1.03. The molecule has 0 aliphatic rings. The number of allylic oxidation sites excluding steroid dienone is 1. The fraction of sp³-hybridized carbons (Fsp3) is 0.176. The first-order valence-electron chi connectivity index (χ1n) is 7.46. The summed E-state index contributed by atoms with van der Waals surface area (Å²) in [6, 6.07) is 3.45. The lowest BCUT2D eigenvalue weighted by molar-refractivity contribution is -0.386. The van der Waals surface area contributed by atoms with Gasteiger partial charge in [0.15, 0.2) is 11.5 Å². The van der Waals surface area contributed by atoms with Crippen LogP contribution >= 0.6 is 0 Å². The molecule has 2 aromatic rings. The average molecular weight is 359 g/mol. The van der Waals surface area contributed by atoms with Gasteiger partial charge >= 0.3 is 16.9 Å². The third-order valence-electron chi connectivity index (χ3n) is 3.51. The molecule has 0 spiro atoms. The van der Waals surface area contributed by atoms with E-state index >= 15 is 0 Å². The molecule has 9 nitrogen and oxygen atoms in total. The van der Waals surface area contributed by atoms with Crippen LogP contribution in [0.5, 0.6) is 11.5 Å². The molecule has 26 heavy (non-hydrogen) atoms. The van der Waals surface area contributed by atoms with E-state index in [1.54, 1.807) is 18.2 Å². The minimum Gasteiger partial charge on any atom is -0.493 e. The molecule has 0 saturated heterocycles. The molecule has 0 saturated carbocycles. The Balaban J connectivity index is 2.57. The van der Waals surface area contributed by atoms with Crippen LogP contribution in [0.3, 0.4) is 0 Å². The second kappa shape index (κ2) is 7.97. The summed E-state index contributed by atoms with van der Waals surface area (Å²) in [5, 5.41) is 11.1. The zero-order valence-corrected chi connectivity index (χ0v) is 14.2. The lowest BCUT2D eigenvalue weighted by Gasteiger charge is -2.13. The van der Waals surface area contributed by atoms with Crippen LogP contribution in [-0.4, -0.2) is 29.1 Å². The Labute approximate surface area is 147 Å². The second-order valence-electron chi connectivity index (χ2n) is 5.17. The van der Waals surface area contributed by atoms with Gasteiger partial charge in [0, 0.05) is 5.56 Å². The number of benzene rings is 1. The van der Waals surface area contributed by atoms with Crippen LogP contribution in [0.4, 0.5) is 5.69 Å². The van der Waals surface area contributed by atoms with Gasteiger partial charge in [0.25, 0.3) is 0 Å². The highest BCUT2D eigenvalue weighted by atomic mass is 16.6. The maximum absolute atomic E-state index is 11.6. The average Bonchev–Trinajstić information content (AvgIpc) is 2.58. The van der Waals surface area contributed by atoms with Crippen molar-refractivity contribution in [1.82, 2.24) is 9.97 Å². The number of aromatic amines is 2. The summed E-state index contributed by atoms with van der Waals surface area (Å²) < 4.78 is 10.6. The van der Waals surface area contributed by atoms with E-state index < -0.39 is 21.9 Å². The Hall–Kier alpha value is -3.62. The number of hydrogen-bond donors (Lipinski definition) is 2. The van der Waals surface area contributed by atoms with E-state index in [1.807, 2.05) is 4.98 Å². The summed E-state index contributed by atoms with van der Waals surface area (Å²) in [5.41, 5.74) is -1.42. The van der Waals surface area contributed by atoms with Gasteiger partial charge in [-0.25, -0.2) is 4.79 Å². The van der Waals surface area contributed by atoms with Crippen molar-refractivity contribution < 1.29 is 14.4 Å². The number of H-pyrrole nitrogens is 2. The molecule has 2 N–H and O–H groups in total. The number of nitrogens with zero attached hydrogens (tertiary/aromatic N) is 1. The van der Waals surface area contributed by atoms with Gasteiger partial charge in [0.2, 0.25) is 0 Å². The van der Waals surface area contributed by atoms with Crippen LogP contribution in [0.25, 0.3) is 12.2 Å². The van der Waals surface area contributed by atoms with Gasteiger partial charge in [-0.1, -0.05) is 12.2 Å². The molecule has 2 rings (SSSR count). The van der Waals surface area contributed by atoms with Crippen LogP contribution in [0.1, 0.15) is 16.8 Å². The lowest BCUT2D eigenvalue weighted by Crippen LogP contribution is -2.25. The van der Waals surface area contributed by atoms with Crippen LogP contribution in [0.2, 0.25) is 0 Å². The van der Waals surface area contributed by atoms with E-state index in [1.165, 1.54) is 26.4 Å². The van der Waals surface area contributed by atoms with Crippen LogP contribution < -0.4 is 20.7 Å². The molecule has 136 valence electrons. The van der Waals surface area contributed by atoms with Crippen molar-refractivity contribution in [3.05, 3.63) is 72.6 Å². The first-order chi connectivity index (χ1) is 12.4. The van der Waals surface area contributed by atoms with Gasteiger partial charge < -0.3 is 14.5 Å². The lowest BCUT2D eigenvalue weighted by atomic mass is 10.0. The Morgan fingerprint density at radius 1 is 1.19 bits per heavy atom. The molecule has 0 atom stereocenters. The Bertz CT molecular complexity index is 987. The molecule has 0 aliphatic heterocycles. The third kappa shape index (κ3) is 3.89. The molecular formula is C17H17N3O6. The van der Waals surface area contributed by atoms with Crippen molar-refractivity contribution in [2.45, 2.75) is 6.42 Å². The molecule has 9 heteroatoms. The number of aromatic nitrogens is 2. The molecular weight excluding hydrogens is 342 g/mol. The minimum atomic E-state index is -1.07. The SMILES string of the molecule is C=CCc1cc(/C=C/c2[nH]c(=O)[nH]c(=O)c2[N+](=O)[O-])cc(OC)c1OC. The number of rotatable bonds is 7. The molecule has 1 aromatic heterocycles. The van der Waals surface area contributed by atoms with Gasteiger partial charge in [-0.2, -0.15) is 0 Å². The van der Waals surface area contributed by atoms with Crippen molar-refractivity contribution in [2.24, 2.45) is 0 Å². The van der Waals surface area contributed by atoms with Gasteiger partial charge in [-0.05, 0) is 30.2 Å². The van der Waals surface area contributed by atoms with E-state index in [2.05, 4.69) is 11.6 Å². The summed E-state index contributed by atoms with van der Waals surface area (Å²) >= 11 is 0. The smallest absolute Gasteiger partial charge is 0.357 e. The Morgan fingerprint density at radius 2 is 1.92 bits per heavy atom. The van der Waals surface area contributed by atoms with E-state index in [4.69, 9.17) is 9.47 Å². The fourth-order valence-corrected chi connectivity index (χ4v) is 2.45. The topological polar surface area (TPSA) is 127 Å². The van der Waals surface area contributed by atoms with Crippen LogP contribution in [0.15, 0.2) is 34.4 Å². The fourth-order valence-electron chi connectivity index (χ4n) is 2.45. The van der Waals surface area contributed by atoms with Gasteiger partial charge in [0.05, 0.1) is 19.1 Å². The first kappa shape index (κ1) is 18.7. The maximum atomic E-state index is 11.6. The van der Waals surface area contributed by atoms with Gasteiger partial charge in [-0.15, -0.1) is 6.58 Å². The van der Waals surface area contributed by atoms with Crippen molar-refractivity contribution in [1.29, 1.82) is 0 Å². The van der Waals surface area contributed by atoms with Crippen molar-refractivity contribution in [2.75, 3.05) is 14.2 Å². The molecule has 1 heterocycles. The predicted octanol–water partition coefficient (Wildman–Crippen LogP) is 1.89. The Kier molecular flexibility index (Phi) is 5.74. The van der Waals surface area contributed by atoms with Gasteiger partial charge in [-0.3, -0.25) is 19.9 Å². The number of methoxy groups -OCH3 is 2. The number of ether oxygens (including phenoxy) is 2. The summed E-state index contributed by atoms with van der Waals surface area (Å²) in [4.78, 5) is 37.3. The normalized spacial score (nSPS) is 10.7. The summed E-state index contributed by atoms with van der Waals surface area (Å²) in [6.45, 7) is 3.69. The van der Waals surface area contributed by atoms with E-state index in [0.29, 0.717) is 23.5 Å². The largest absolute Gasteiger partial charge is 0.493 e. The highest BCUT2D eigenvalue weighted by Crippen LogP contribution is 2.33. The molecule has 0 radical (unpaired) electrons. The van der Waals surface area contributed by atoms with Crippen LogP contribution in [0, 0.1) is 10.1 Å². The van der Waals surface area contributed by atoms with E-state index in [0.717, 1.165) is 5.56 Å². The maximum Gasteiger partial charge on any atom is 0.357 e. The highest BCUT2D eigenvalue weighted by molar-refractivity contribution is 5.73. The van der Waals surface area contributed by atoms with E-state index in [9.17, 15) is 19.7 Å². The predicted molar refractivity (Wildman–Crippen MR) is 96.7 cm³/mol. The molecule has 0 unspecified atom stereocenters. The highest BCUT2D eigenvalue weighted by Gasteiger charge is 2.19. The van der Waals surface area contributed by atoms with Gasteiger partial charge in [0.1, 0.15) is 5.69 Å². The van der Waals surface area contributed by atoms with Crippen LogP contribution in [-0.2, 0) is 6.42 Å². The number of hydrogen-bond acceptors (Lipinski definition) is 6. The standard InChI is InChI=1S/C17H17N3O6/c1-4-5-11-8-10(9-13(25-2)15(11)26-3)6-7-12-14(20(23)24)16(21)19-17(22)18-12/h4,6-9H,1,5H2,2-3H3,(H2,18,19,21,22)/b7-6+. The van der Waals surface area contributed by atoms with Crippen molar-refractivity contribution in [3.8, 4) is 11.5 Å². The quantitative estimate of drug-likeness (QED) is 0.441. The zero-order valence-electron chi connectivity index (χ0n) is 14.2. The molecule has 0 amide bonds. The molecule has 0 fully saturated rings. The third-order valence-corrected chi connectivity index (χ3v) is 3.51.